The van der Waals surface area contributed by atoms with Crippen LogP contribution >= 0.6 is 0 Å². The maximum Gasteiger partial charge on any atom is 0.140 e. The van der Waals surface area contributed by atoms with E-state index in [1.165, 1.54) is 0 Å². The van der Waals surface area contributed by atoms with Crippen LogP contribution in [0.15, 0.2) is 31.1 Å². The SMILES string of the molecule is C=CCOc1cncc(N)c1. The van der Waals surface area contributed by atoms with Gasteiger partial charge in [0.2, 0.25) is 0 Å². The third-order valence-electron chi connectivity index (χ3n) is 1.10. The van der Waals surface area contributed by atoms with E-state index in [2.05, 4.69) is 11.6 Å². The summed E-state index contributed by atoms with van der Waals surface area (Å²) in [7, 11) is 0. The maximum absolute atomic E-state index is 5.46. The van der Waals surface area contributed by atoms with Crippen LogP contribution in [0.25, 0.3) is 0 Å². The number of anilines is 1. The minimum absolute atomic E-state index is 0.477. The Morgan fingerprint density at radius 2 is 2.45 bits per heavy atom. The molecule has 0 bridgehead atoms. The molecule has 1 aromatic rings. The van der Waals surface area contributed by atoms with Gasteiger partial charge in [-0.1, -0.05) is 12.7 Å². The van der Waals surface area contributed by atoms with Gasteiger partial charge in [0, 0.05) is 6.07 Å². The fraction of sp³-hybridized carbons (Fsp3) is 0.125. The molecule has 0 aliphatic rings. The first kappa shape index (κ1) is 7.60. The molecule has 11 heavy (non-hydrogen) atoms. The van der Waals surface area contributed by atoms with E-state index in [4.69, 9.17) is 10.5 Å². The first-order valence-electron chi connectivity index (χ1n) is 3.27. The van der Waals surface area contributed by atoms with Crippen molar-refractivity contribution in [1.29, 1.82) is 0 Å². The van der Waals surface area contributed by atoms with Gasteiger partial charge in [-0.3, -0.25) is 4.98 Å². The normalized spacial score (nSPS) is 9.09. The molecule has 0 radical (unpaired) electrons. The van der Waals surface area contributed by atoms with E-state index < -0.39 is 0 Å². The third-order valence-corrected chi connectivity index (χ3v) is 1.10. The number of aromatic nitrogens is 1. The van der Waals surface area contributed by atoms with E-state index in [-0.39, 0.29) is 0 Å². The van der Waals surface area contributed by atoms with Gasteiger partial charge >= 0.3 is 0 Å². The molecule has 3 heteroatoms. The molecule has 0 saturated heterocycles. The van der Waals surface area contributed by atoms with E-state index in [1.54, 1.807) is 24.5 Å². The summed E-state index contributed by atoms with van der Waals surface area (Å²) in [6.45, 7) is 4.00. The van der Waals surface area contributed by atoms with Crippen molar-refractivity contribution in [2.75, 3.05) is 12.3 Å². The second-order valence-corrected chi connectivity index (χ2v) is 2.05. The van der Waals surface area contributed by atoms with Crippen LogP contribution in [0.2, 0.25) is 0 Å². The number of ether oxygens (including phenoxy) is 1. The van der Waals surface area contributed by atoms with Gasteiger partial charge in [0.05, 0.1) is 18.1 Å². The largest absolute Gasteiger partial charge is 0.488 e. The highest BCUT2D eigenvalue weighted by Crippen LogP contribution is 2.11. The molecule has 0 aliphatic carbocycles. The summed E-state index contributed by atoms with van der Waals surface area (Å²) >= 11 is 0. The molecule has 3 nitrogen and oxygen atoms in total. The Bertz CT molecular complexity index is 248. The van der Waals surface area contributed by atoms with Gasteiger partial charge < -0.3 is 10.5 Å². The number of pyridine rings is 1. The Labute approximate surface area is 65.5 Å². The molecule has 0 saturated carbocycles. The Morgan fingerprint density at radius 1 is 1.64 bits per heavy atom. The first-order chi connectivity index (χ1) is 5.33. The highest BCUT2D eigenvalue weighted by atomic mass is 16.5. The van der Waals surface area contributed by atoms with Crippen molar-refractivity contribution in [3.63, 3.8) is 0 Å². The topological polar surface area (TPSA) is 48.1 Å². The van der Waals surface area contributed by atoms with Crippen LogP contribution in [0.3, 0.4) is 0 Å². The van der Waals surface area contributed by atoms with Gasteiger partial charge in [0.15, 0.2) is 0 Å². The molecule has 0 spiro atoms. The number of rotatable bonds is 3. The number of hydrogen-bond acceptors (Lipinski definition) is 3. The molecule has 1 heterocycles. The molecule has 1 rings (SSSR count). The highest BCUT2D eigenvalue weighted by molar-refractivity contribution is 5.39. The lowest BCUT2D eigenvalue weighted by Crippen LogP contribution is -1.94. The smallest absolute Gasteiger partial charge is 0.140 e. The first-order valence-corrected chi connectivity index (χ1v) is 3.27. The summed E-state index contributed by atoms with van der Waals surface area (Å²) in [5, 5.41) is 0. The van der Waals surface area contributed by atoms with E-state index in [9.17, 15) is 0 Å². The van der Waals surface area contributed by atoms with Crippen molar-refractivity contribution in [1.82, 2.24) is 4.98 Å². The summed E-state index contributed by atoms with van der Waals surface area (Å²) < 4.78 is 5.18. The molecule has 1 aromatic heterocycles. The minimum Gasteiger partial charge on any atom is -0.488 e. The molecule has 0 unspecified atom stereocenters. The Kier molecular flexibility index (Phi) is 2.49. The van der Waals surface area contributed by atoms with Crippen molar-refractivity contribution >= 4 is 5.69 Å². The van der Waals surface area contributed by atoms with E-state index in [0.717, 1.165) is 0 Å². The molecule has 0 aromatic carbocycles. The quantitative estimate of drug-likeness (QED) is 0.659. The van der Waals surface area contributed by atoms with Crippen molar-refractivity contribution in [2.45, 2.75) is 0 Å². The lowest BCUT2D eigenvalue weighted by atomic mass is 10.4. The van der Waals surface area contributed by atoms with Crippen LogP contribution in [0.1, 0.15) is 0 Å². The van der Waals surface area contributed by atoms with Crippen molar-refractivity contribution in [3.05, 3.63) is 31.1 Å². The lowest BCUT2D eigenvalue weighted by molar-refractivity contribution is 0.362. The van der Waals surface area contributed by atoms with E-state index >= 15 is 0 Å². The molecule has 0 fully saturated rings. The van der Waals surface area contributed by atoms with Gasteiger partial charge in [0.1, 0.15) is 12.4 Å². The third kappa shape index (κ3) is 2.29. The molecular formula is C8H10N2O. The maximum atomic E-state index is 5.46. The number of nitrogens with two attached hydrogens (primary N) is 1. The second-order valence-electron chi connectivity index (χ2n) is 2.05. The van der Waals surface area contributed by atoms with Crippen molar-refractivity contribution < 1.29 is 4.74 Å². The van der Waals surface area contributed by atoms with Crippen molar-refractivity contribution in [3.8, 4) is 5.75 Å². The second kappa shape index (κ2) is 3.61. The van der Waals surface area contributed by atoms with Crippen molar-refractivity contribution in [2.24, 2.45) is 0 Å². The van der Waals surface area contributed by atoms with Crippen LogP contribution < -0.4 is 10.5 Å². The number of nitrogens with zero attached hydrogens (tertiary/aromatic N) is 1. The molecule has 0 aliphatic heterocycles. The molecule has 0 atom stereocenters. The van der Waals surface area contributed by atoms with Crippen LogP contribution in [0.4, 0.5) is 5.69 Å². The monoisotopic (exact) mass is 150 g/mol. The number of hydrogen-bond donors (Lipinski definition) is 1. The molecule has 0 amide bonds. The molecule has 2 N–H and O–H groups in total. The van der Waals surface area contributed by atoms with Crippen LogP contribution in [-0.4, -0.2) is 11.6 Å². The summed E-state index contributed by atoms with van der Waals surface area (Å²) in [5.41, 5.74) is 6.07. The average molecular weight is 150 g/mol. The zero-order chi connectivity index (χ0) is 8.10. The summed E-state index contributed by atoms with van der Waals surface area (Å²) in [6, 6.07) is 1.72. The van der Waals surface area contributed by atoms with Crippen LogP contribution in [0, 0.1) is 0 Å². The summed E-state index contributed by atoms with van der Waals surface area (Å²) in [6.07, 6.45) is 4.85. The Morgan fingerprint density at radius 3 is 3.09 bits per heavy atom. The standard InChI is InChI=1S/C8H10N2O/c1-2-3-11-8-4-7(9)5-10-6-8/h2,4-6H,1,3,9H2. The average Bonchev–Trinajstić information content (AvgIpc) is 2.01. The summed E-state index contributed by atoms with van der Waals surface area (Å²) in [4.78, 5) is 3.85. The van der Waals surface area contributed by atoms with Gasteiger partial charge in [-0.2, -0.15) is 0 Å². The van der Waals surface area contributed by atoms with Gasteiger partial charge in [-0.25, -0.2) is 0 Å². The molecule has 58 valence electrons. The minimum atomic E-state index is 0.477. The fourth-order valence-electron chi connectivity index (χ4n) is 0.670. The van der Waals surface area contributed by atoms with Crippen LogP contribution in [-0.2, 0) is 0 Å². The molecular weight excluding hydrogens is 140 g/mol. The van der Waals surface area contributed by atoms with Crippen LogP contribution in [0.5, 0.6) is 5.75 Å². The highest BCUT2D eigenvalue weighted by Gasteiger charge is 1.91. The van der Waals surface area contributed by atoms with Gasteiger partial charge in [-0.15, -0.1) is 0 Å². The van der Waals surface area contributed by atoms with E-state index in [1.807, 2.05) is 0 Å². The van der Waals surface area contributed by atoms with Gasteiger partial charge in [0.25, 0.3) is 0 Å². The zero-order valence-electron chi connectivity index (χ0n) is 6.16. The number of nitrogen functional groups attached to an aromatic ring is 1. The Hall–Kier alpha value is -1.51. The predicted molar refractivity (Wildman–Crippen MR) is 44.3 cm³/mol. The lowest BCUT2D eigenvalue weighted by Gasteiger charge is -2.01. The van der Waals surface area contributed by atoms with E-state index in [0.29, 0.717) is 18.0 Å². The predicted octanol–water partition coefficient (Wildman–Crippen LogP) is 1.23. The van der Waals surface area contributed by atoms with Gasteiger partial charge in [-0.05, 0) is 0 Å². The summed E-state index contributed by atoms with van der Waals surface area (Å²) in [5.74, 6) is 0.671. The zero-order valence-corrected chi connectivity index (χ0v) is 6.16. The fourth-order valence-corrected chi connectivity index (χ4v) is 0.670. The Balaban J connectivity index is 2.63.